The Kier molecular flexibility index (Phi) is 10.6. The van der Waals surface area contributed by atoms with E-state index in [4.69, 9.17) is 16.3 Å². The number of nitrogens with zero attached hydrogens (tertiary/aromatic N) is 1. The van der Waals surface area contributed by atoms with E-state index in [9.17, 15) is 14.4 Å². The molecule has 1 aliphatic rings. The molecule has 0 radical (unpaired) electrons. The lowest BCUT2D eigenvalue weighted by molar-refractivity contribution is -0.146. The van der Waals surface area contributed by atoms with Crippen molar-refractivity contribution in [2.45, 2.75) is 45.1 Å². The number of hydrogen-bond acceptors (Lipinski definition) is 4. The van der Waals surface area contributed by atoms with Crippen LogP contribution in [-0.2, 0) is 20.9 Å². The van der Waals surface area contributed by atoms with Gasteiger partial charge in [-0.15, -0.1) is 0 Å². The van der Waals surface area contributed by atoms with Crippen LogP contribution in [-0.4, -0.2) is 42.3 Å². The van der Waals surface area contributed by atoms with E-state index >= 15 is 0 Å². The van der Waals surface area contributed by atoms with Gasteiger partial charge in [0, 0.05) is 41.2 Å². The Morgan fingerprint density at radius 1 is 1.00 bits per heavy atom. The molecule has 210 valence electrons. The first-order valence-electron chi connectivity index (χ1n) is 13.4. The van der Waals surface area contributed by atoms with Crippen molar-refractivity contribution < 1.29 is 19.1 Å². The number of halogens is 2. The second-order valence-corrected chi connectivity index (χ2v) is 11.2. The number of piperidine rings is 1. The van der Waals surface area contributed by atoms with Crippen LogP contribution in [0.2, 0.25) is 5.02 Å². The molecule has 3 aromatic rings. The third kappa shape index (κ3) is 8.57. The van der Waals surface area contributed by atoms with E-state index in [0.29, 0.717) is 43.2 Å². The first kappa shape index (κ1) is 29.6. The largest absolute Gasteiger partial charge is 0.494 e. The molecule has 3 amide bonds. The summed E-state index contributed by atoms with van der Waals surface area (Å²) >= 11 is 9.82. The zero-order valence-corrected chi connectivity index (χ0v) is 24.8. The smallest absolute Gasteiger partial charge is 0.311 e. The van der Waals surface area contributed by atoms with Crippen molar-refractivity contribution in [2.24, 2.45) is 0 Å². The van der Waals surface area contributed by atoms with Crippen LogP contribution in [0.5, 0.6) is 5.75 Å². The molecule has 2 N–H and O–H groups in total. The second-order valence-electron chi connectivity index (χ2n) is 9.93. The molecule has 4 rings (SSSR count). The molecule has 0 aromatic heterocycles. The van der Waals surface area contributed by atoms with Crippen molar-refractivity contribution >= 4 is 50.9 Å². The Balaban J connectivity index is 1.14. The van der Waals surface area contributed by atoms with Crippen molar-refractivity contribution in [2.75, 3.05) is 25.0 Å². The Bertz CT molecular complexity index is 1320. The topological polar surface area (TPSA) is 87.7 Å². The number of nitrogens with one attached hydrogen (secondary N) is 2. The molecule has 1 fully saturated rings. The average Bonchev–Trinajstić information content (AvgIpc) is 2.95. The molecule has 1 heterocycles. The summed E-state index contributed by atoms with van der Waals surface area (Å²) < 4.78 is 6.59. The van der Waals surface area contributed by atoms with Gasteiger partial charge in [0.25, 0.3) is 0 Å². The molecule has 9 heteroatoms. The summed E-state index contributed by atoms with van der Waals surface area (Å²) in [5.41, 5.74) is 3.75. The number of hydrogen-bond donors (Lipinski definition) is 2. The first-order valence-corrected chi connectivity index (χ1v) is 14.6. The van der Waals surface area contributed by atoms with Crippen LogP contribution in [0, 0.1) is 6.92 Å². The lowest BCUT2D eigenvalue weighted by Crippen LogP contribution is -2.46. The predicted molar refractivity (Wildman–Crippen MR) is 161 cm³/mol. The van der Waals surface area contributed by atoms with Gasteiger partial charge in [-0.05, 0) is 79.6 Å². The van der Waals surface area contributed by atoms with Gasteiger partial charge in [-0.25, -0.2) is 0 Å². The highest BCUT2D eigenvalue weighted by Gasteiger charge is 2.28. The zero-order chi connectivity index (χ0) is 28.5. The van der Waals surface area contributed by atoms with Gasteiger partial charge in [0.1, 0.15) is 5.75 Å². The van der Waals surface area contributed by atoms with E-state index in [1.54, 1.807) is 17.0 Å². The van der Waals surface area contributed by atoms with Gasteiger partial charge in [-0.3, -0.25) is 14.4 Å². The average molecular weight is 627 g/mol. The summed E-state index contributed by atoms with van der Waals surface area (Å²) in [5.74, 6) is -0.174. The number of carbonyl (C=O) groups is 3. The molecule has 0 unspecified atom stereocenters. The number of amides is 3. The molecular formula is C31H33BrClN3O4. The fraction of sp³-hybridized carbons (Fsp3) is 0.323. The van der Waals surface area contributed by atoms with E-state index in [0.717, 1.165) is 34.2 Å². The van der Waals surface area contributed by atoms with Gasteiger partial charge in [0.2, 0.25) is 5.91 Å². The van der Waals surface area contributed by atoms with Gasteiger partial charge in [0.15, 0.2) is 0 Å². The maximum absolute atomic E-state index is 12.7. The van der Waals surface area contributed by atoms with Crippen LogP contribution in [0.3, 0.4) is 0 Å². The third-order valence-corrected chi connectivity index (χ3v) is 7.73. The summed E-state index contributed by atoms with van der Waals surface area (Å²) in [6.45, 7) is 3.73. The second kappa shape index (κ2) is 14.3. The maximum atomic E-state index is 12.7. The Morgan fingerprint density at radius 3 is 2.38 bits per heavy atom. The lowest BCUT2D eigenvalue weighted by Gasteiger charge is -2.32. The SMILES string of the molecule is Cc1ccc(OCCCC(=O)Nc2ccc(CNC(=O)C(=O)N3CCC(c4ccc(Br)cc4Cl)CC3)cc2)cc1. The van der Waals surface area contributed by atoms with Crippen molar-refractivity contribution in [3.63, 3.8) is 0 Å². The molecule has 0 saturated carbocycles. The third-order valence-electron chi connectivity index (χ3n) is 6.91. The Labute approximate surface area is 248 Å². The number of ether oxygens (including phenoxy) is 1. The number of carbonyl (C=O) groups excluding carboxylic acids is 3. The molecule has 3 aromatic carbocycles. The Morgan fingerprint density at radius 2 is 1.70 bits per heavy atom. The molecule has 1 aliphatic heterocycles. The minimum Gasteiger partial charge on any atom is -0.494 e. The highest BCUT2D eigenvalue weighted by atomic mass is 79.9. The standard InChI is InChI=1S/C31H33BrClN3O4/c1-21-4-11-26(12-5-21)40-18-2-3-29(37)35-25-9-6-22(7-10-25)20-34-30(38)31(39)36-16-14-23(15-17-36)27-13-8-24(32)19-28(27)33/h4-13,19,23H,2-3,14-18,20H2,1H3,(H,34,38)(H,35,37). The van der Waals surface area contributed by atoms with Crippen molar-refractivity contribution in [1.29, 1.82) is 0 Å². The molecule has 0 bridgehead atoms. The van der Waals surface area contributed by atoms with Crippen LogP contribution in [0.15, 0.2) is 71.2 Å². The number of benzene rings is 3. The van der Waals surface area contributed by atoms with E-state index in [2.05, 4.69) is 26.6 Å². The summed E-state index contributed by atoms with van der Waals surface area (Å²) in [6.07, 6.45) is 2.47. The van der Waals surface area contributed by atoms with Crippen molar-refractivity contribution in [1.82, 2.24) is 10.2 Å². The lowest BCUT2D eigenvalue weighted by atomic mass is 9.89. The fourth-order valence-corrected chi connectivity index (χ4v) is 5.44. The molecular weight excluding hydrogens is 594 g/mol. The summed E-state index contributed by atoms with van der Waals surface area (Å²) in [6, 6.07) is 20.9. The molecule has 0 atom stereocenters. The molecule has 40 heavy (non-hydrogen) atoms. The molecule has 1 saturated heterocycles. The van der Waals surface area contributed by atoms with Gasteiger partial charge >= 0.3 is 11.8 Å². The van der Waals surface area contributed by atoms with E-state index < -0.39 is 11.8 Å². The molecule has 0 spiro atoms. The first-order chi connectivity index (χ1) is 19.3. The number of anilines is 1. The van der Waals surface area contributed by atoms with E-state index in [1.165, 1.54) is 5.56 Å². The van der Waals surface area contributed by atoms with Gasteiger partial charge in [0.05, 0.1) is 6.61 Å². The van der Waals surface area contributed by atoms with Crippen LogP contribution >= 0.6 is 27.5 Å². The van der Waals surface area contributed by atoms with Crippen LogP contribution in [0.4, 0.5) is 5.69 Å². The quantitative estimate of drug-likeness (QED) is 0.218. The normalized spacial score (nSPS) is 13.5. The van der Waals surface area contributed by atoms with Crippen LogP contribution < -0.4 is 15.4 Å². The molecule has 0 aliphatic carbocycles. The van der Waals surface area contributed by atoms with Crippen molar-refractivity contribution in [3.8, 4) is 5.75 Å². The predicted octanol–water partition coefficient (Wildman–Crippen LogP) is 6.23. The highest BCUT2D eigenvalue weighted by Crippen LogP contribution is 2.34. The van der Waals surface area contributed by atoms with Crippen LogP contribution in [0.25, 0.3) is 0 Å². The van der Waals surface area contributed by atoms with E-state index in [1.807, 2.05) is 61.5 Å². The summed E-state index contributed by atoms with van der Waals surface area (Å²) in [4.78, 5) is 39.0. The van der Waals surface area contributed by atoms with Crippen LogP contribution in [0.1, 0.15) is 48.3 Å². The summed E-state index contributed by atoms with van der Waals surface area (Å²) in [5, 5.41) is 6.29. The van der Waals surface area contributed by atoms with E-state index in [-0.39, 0.29) is 18.4 Å². The highest BCUT2D eigenvalue weighted by molar-refractivity contribution is 9.10. The zero-order valence-electron chi connectivity index (χ0n) is 22.4. The fourth-order valence-electron chi connectivity index (χ4n) is 4.61. The number of likely N-dealkylation sites (tertiary alicyclic amines) is 1. The summed E-state index contributed by atoms with van der Waals surface area (Å²) in [7, 11) is 0. The van der Waals surface area contributed by atoms with Crippen molar-refractivity contribution in [3.05, 3.63) is 92.9 Å². The van der Waals surface area contributed by atoms with Gasteiger partial charge in [-0.1, -0.05) is 63.4 Å². The number of rotatable bonds is 9. The number of aryl methyl sites for hydroxylation is 1. The molecule has 7 nitrogen and oxygen atoms in total. The minimum absolute atomic E-state index is 0.0923. The minimum atomic E-state index is -0.620. The maximum Gasteiger partial charge on any atom is 0.311 e. The van der Waals surface area contributed by atoms with Gasteiger partial charge < -0.3 is 20.3 Å². The monoisotopic (exact) mass is 625 g/mol. The Hall–Kier alpha value is -3.36. The van der Waals surface area contributed by atoms with Gasteiger partial charge in [-0.2, -0.15) is 0 Å².